The van der Waals surface area contributed by atoms with Crippen molar-refractivity contribution in [3.8, 4) is 0 Å². The van der Waals surface area contributed by atoms with Gasteiger partial charge in [0.05, 0.1) is 6.61 Å². The Bertz CT molecular complexity index is 331. The highest BCUT2D eigenvalue weighted by Gasteiger charge is 2.04. The molecule has 3 nitrogen and oxygen atoms in total. The number of halogens is 1. The third-order valence-electron chi connectivity index (χ3n) is 2.47. The van der Waals surface area contributed by atoms with Crippen molar-refractivity contribution in [2.45, 2.75) is 13.1 Å². The van der Waals surface area contributed by atoms with Gasteiger partial charge in [-0.3, -0.25) is 4.90 Å². The smallest absolute Gasteiger partial charge is 0.0589 e. The minimum Gasteiger partial charge on any atom is -0.383 e. The summed E-state index contributed by atoms with van der Waals surface area (Å²) in [6, 6.07) is 6.28. The molecule has 0 saturated carbocycles. The average molecular weight is 287 g/mol. The molecule has 0 unspecified atom stereocenters. The molecule has 0 aliphatic carbocycles. The molecule has 90 valence electrons. The Labute approximate surface area is 106 Å². The zero-order valence-electron chi connectivity index (χ0n) is 9.87. The lowest BCUT2D eigenvalue weighted by Gasteiger charge is -2.17. The van der Waals surface area contributed by atoms with Gasteiger partial charge in [0.1, 0.15) is 0 Å². The summed E-state index contributed by atoms with van der Waals surface area (Å²) in [7, 11) is 3.81. The molecular weight excluding hydrogens is 268 g/mol. The lowest BCUT2D eigenvalue weighted by atomic mass is 10.1. The summed E-state index contributed by atoms with van der Waals surface area (Å²) < 4.78 is 6.17. The van der Waals surface area contributed by atoms with Gasteiger partial charge in [-0.25, -0.2) is 0 Å². The molecule has 0 aliphatic heterocycles. The van der Waals surface area contributed by atoms with Crippen LogP contribution in [0.3, 0.4) is 0 Å². The van der Waals surface area contributed by atoms with Gasteiger partial charge in [-0.2, -0.15) is 0 Å². The summed E-state index contributed by atoms with van der Waals surface area (Å²) in [6.07, 6.45) is 0. The van der Waals surface area contributed by atoms with E-state index in [1.807, 2.05) is 0 Å². The van der Waals surface area contributed by atoms with Gasteiger partial charge in [0, 0.05) is 31.2 Å². The van der Waals surface area contributed by atoms with Crippen molar-refractivity contribution in [3.63, 3.8) is 0 Å². The number of likely N-dealkylation sites (N-methyl/N-ethyl adjacent to an activating group) is 1. The maximum Gasteiger partial charge on any atom is 0.0589 e. The van der Waals surface area contributed by atoms with Crippen molar-refractivity contribution in [1.82, 2.24) is 4.90 Å². The van der Waals surface area contributed by atoms with Crippen molar-refractivity contribution < 1.29 is 4.74 Å². The minimum absolute atomic E-state index is 0.582. The molecule has 0 bridgehead atoms. The van der Waals surface area contributed by atoms with Crippen molar-refractivity contribution >= 4 is 15.9 Å². The van der Waals surface area contributed by atoms with Crippen LogP contribution in [0.2, 0.25) is 0 Å². The normalized spacial score (nSPS) is 11.1. The van der Waals surface area contributed by atoms with Crippen molar-refractivity contribution in [2.24, 2.45) is 5.73 Å². The van der Waals surface area contributed by atoms with E-state index < -0.39 is 0 Å². The molecule has 0 saturated heterocycles. The van der Waals surface area contributed by atoms with E-state index in [-0.39, 0.29) is 0 Å². The maximum atomic E-state index is 5.59. The largest absolute Gasteiger partial charge is 0.383 e. The number of hydrogen-bond donors (Lipinski definition) is 1. The molecule has 0 radical (unpaired) electrons. The SMILES string of the molecule is COCCN(C)Cc1ccc(CN)cc1Br. The molecule has 0 amide bonds. The summed E-state index contributed by atoms with van der Waals surface area (Å²) in [5.41, 5.74) is 8.01. The van der Waals surface area contributed by atoms with E-state index in [0.29, 0.717) is 6.54 Å². The fraction of sp³-hybridized carbons (Fsp3) is 0.500. The summed E-state index contributed by atoms with van der Waals surface area (Å²) >= 11 is 3.57. The molecule has 2 N–H and O–H groups in total. The van der Waals surface area contributed by atoms with Gasteiger partial charge in [-0.1, -0.05) is 28.1 Å². The van der Waals surface area contributed by atoms with E-state index >= 15 is 0 Å². The van der Waals surface area contributed by atoms with Crippen molar-refractivity contribution in [2.75, 3.05) is 27.3 Å². The molecule has 0 atom stereocenters. The predicted octanol–water partition coefficient (Wildman–Crippen LogP) is 1.99. The molecular formula is C12H19BrN2O. The number of benzene rings is 1. The number of rotatable bonds is 6. The van der Waals surface area contributed by atoms with Crippen LogP contribution < -0.4 is 5.73 Å². The Morgan fingerprint density at radius 3 is 2.75 bits per heavy atom. The zero-order valence-corrected chi connectivity index (χ0v) is 11.5. The van der Waals surface area contributed by atoms with E-state index in [9.17, 15) is 0 Å². The van der Waals surface area contributed by atoms with Gasteiger partial charge in [-0.05, 0) is 24.2 Å². The Morgan fingerprint density at radius 2 is 2.19 bits per heavy atom. The van der Waals surface area contributed by atoms with Gasteiger partial charge in [0.2, 0.25) is 0 Å². The third kappa shape index (κ3) is 4.22. The first kappa shape index (κ1) is 13.6. The molecule has 1 aromatic rings. The Morgan fingerprint density at radius 1 is 1.44 bits per heavy atom. The van der Waals surface area contributed by atoms with Crippen molar-refractivity contribution in [1.29, 1.82) is 0 Å². The van der Waals surface area contributed by atoms with Gasteiger partial charge >= 0.3 is 0 Å². The second-order valence-corrected chi connectivity index (χ2v) is 4.71. The van der Waals surface area contributed by atoms with Gasteiger partial charge in [0.25, 0.3) is 0 Å². The fourth-order valence-electron chi connectivity index (χ4n) is 1.46. The maximum absolute atomic E-state index is 5.59. The van der Waals surface area contributed by atoms with Crippen LogP contribution in [0.4, 0.5) is 0 Å². The number of ether oxygens (including phenoxy) is 1. The molecule has 0 spiro atoms. The van der Waals surface area contributed by atoms with Crippen LogP contribution in [0.15, 0.2) is 22.7 Å². The molecule has 1 aromatic carbocycles. The Hall–Kier alpha value is -0.420. The monoisotopic (exact) mass is 286 g/mol. The van der Waals surface area contributed by atoms with E-state index in [1.54, 1.807) is 7.11 Å². The minimum atomic E-state index is 0.582. The summed E-state index contributed by atoms with van der Waals surface area (Å²) in [6.45, 7) is 3.18. The first-order valence-electron chi connectivity index (χ1n) is 5.32. The number of nitrogens with two attached hydrogens (primary N) is 1. The van der Waals surface area contributed by atoms with Gasteiger partial charge in [0.15, 0.2) is 0 Å². The second-order valence-electron chi connectivity index (χ2n) is 3.86. The standard InChI is InChI=1S/C12H19BrN2O/c1-15(5-6-16-2)9-11-4-3-10(8-14)7-12(11)13/h3-4,7H,5-6,8-9,14H2,1-2H3. The third-order valence-corrected chi connectivity index (χ3v) is 3.21. The van der Waals surface area contributed by atoms with Crippen LogP contribution in [0.25, 0.3) is 0 Å². The average Bonchev–Trinajstić information content (AvgIpc) is 2.29. The molecule has 1 rings (SSSR count). The van der Waals surface area contributed by atoms with Crippen molar-refractivity contribution in [3.05, 3.63) is 33.8 Å². The summed E-state index contributed by atoms with van der Waals surface area (Å²) in [5.74, 6) is 0. The number of hydrogen-bond acceptors (Lipinski definition) is 3. The molecule has 4 heteroatoms. The predicted molar refractivity (Wildman–Crippen MR) is 70.2 cm³/mol. The van der Waals surface area contributed by atoms with Gasteiger partial charge in [-0.15, -0.1) is 0 Å². The lowest BCUT2D eigenvalue weighted by molar-refractivity contribution is 0.158. The molecule has 16 heavy (non-hydrogen) atoms. The van der Waals surface area contributed by atoms with Crippen LogP contribution in [0, 0.1) is 0 Å². The van der Waals surface area contributed by atoms with Crippen LogP contribution in [-0.2, 0) is 17.8 Å². The summed E-state index contributed by atoms with van der Waals surface area (Å²) in [4.78, 5) is 2.23. The lowest BCUT2D eigenvalue weighted by Crippen LogP contribution is -2.22. The highest BCUT2D eigenvalue weighted by atomic mass is 79.9. The topological polar surface area (TPSA) is 38.5 Å². The molecule has 0 aromatic heterocycles. The fourth-order valence-corrected chi connectivity index (χ4v) is 2.01. The first-order chi connectivity index (χ1) is 7.67. The molecule has 0 fully saturated rings. The zero-order chi connectivity index (χ0) is 12.0. The van der Waals surface area contributed by atoms with E-state index in [2.05, 4.69) is 46.1 Å². The quantitative estimate of drug-likeness (QED) is 0.869. The highest BCUT2D eigenvalue weighted by Crippen LogP contribution is 2.19. The second kappa shape index (κ2) is 7.01. The Kier molecular flexibility index (Phi) is 5.98. The van der Waals surface area contributed by atoms with Crippen LogP contribution in [0.5, 0.6) is 0 Å². The molecule has 0 aliphatic rings. The summed E-state index contributed by atoms with van der Waals surface area (Å²) in [5, 5.41) is 0. The van der Waals surface area contributed by atoms with Crippen LogP contribution in [0.1, 0.15) is 11.1 Å². The van der Waals surface area contributed by atoms with Crippen LogP contribution in [-0.4, -0.2) is 32.2 Å². The first-order valence-corrected chi connectivity index (χ1v) is 6.11. The van der Waals surface area contributed by atoms with Crippen LogP contribution >= 0.6 is 15.9 Å². The van der Waals surface area contributed by atoms with E-state index in [4.69, 9.17) is 10.5 Å². The Balaban J connectivity index is 2.59. The van der Waals surface area contributed by atoms with E-state index in [0.717, 1.165) is 29.7 Å². The van der Waals surface area contributed by atoms with Gasteiger partial charge < -0.3 is 10.5 Å². The van der Waals surface area contributed by atoms with E-state index in [1.165, 1.54) is 5.56 Å². The number of nitrogens with zero attached hydrogens (tertiary/aromatic N) is 1. The number of methoxy groups -OCH3 is 1. The molecule has 0 heterocycles. The highest BCUT2D eigenvalue weighted by molar-refractivity contribution is 9.10.